The molecule has 0 aliphatic carbocycles. The van der Waals surface area contributed by atoms with Gasteiger partial charge >= 0.3 is 0 Å². The Morgan fingerprint density at radius 2 is 2.21 bits per heavy atom. The number of amides is 1. The van der Waals surface area contributed by atoms with E-state index < -0.39 is 0 Å². The first-order valence-electron chi connectivity index (χ1n) is 9.37. The Morgan fingerprint density at radius 3 is 3.00 bits per heavy atom. The number of benzene rings is 1. The summed E-state index contributed by atoms with van der Waals surface area (Å²) < 4.78 is 6.08. The zero-order chi connectivity index (χ0) is 19.5. The molecule has 7 heteroatoms. The number of H-pyrrole nitrogens is 1. The quantitative estimate of drug-likeness (QED) is 0.643. The predicted molar refractivity (Wildman–Crippen MR) is 109 cm³/mol. The van der Waals surface area contributed by atoms with E-state index >= 15 is 0 Å². The Hall–Kier alpha value is -3.35. The van der Waals surface area contributed by atoms with Gasteiger partial charge in [-0.2, -0.15) is 5.10 Å². The number of aromatic amines is 1. The first-order valence-corrected chi connectivity index (χ1v) is 9.37. The molecule has 2 aromatic heterocycles. The van der Waals surface area contributed by atoms with Gasteiger partial charge in [-0.1, -0.05) is 24.3 Å². The molecule has 0 radical (unpaired) electrons. The predicted octanol–water partition coefficient (Wildman–Crippen LogP) is 3.51. The Bertz CT molecular complexity index is 996. The van der Waals surface area contributed by atoms with Gasteiger partial charge in [-0.25, -0.2) is 4.98 Å². The molecule has 144 valence electrons. The Kier molecular flexibility index (Phi) is 4.97. The number of rotatable bonds is 6. The molecule has 1 fully saturated rings. The van der Waals surface area contributed by atoms with Crippen molar-refractivity contribution in [3.05, 3.63) is 54.7 Å². The molecule has 0 saturated carbocycles. The molecule has 7 nitrogen and oxygen atoms in total. The van der Waals surface area contributed by atoms with E-state index in [0.717, 1.165) is 37.2 Å². The molecule has 1 aliphatic heterocycles. The van der Waals surface area contributed by atoms with Gasteiger partial charge in [0.2, 0.25) is 5.91 Å². The van der Waals surface area contributed by atoms with E-state index in [9.17, 15) is 4.79 Å². The van der Waals surface area contributed by atoms with Crippen LogP contribution in [0.3, 0.4) is 0 Å². The van der Waals surface area contributed by atoms with Crippen molar-refractivity contribution in [3.63, 3.8) is 0 Å². The maximum absolute atomic E-state index is 11.8. The first-order chi connectivity index (χ1) is 13.6. The van der Waals surface area contributed by atoms with Crippen molar-refractivity contribution in [2.75, 3.05) is 25.0 Å². The van der Waals surface area contributed by atoms with Crippen LogP contribution in [0.15, 0.2) is 49.2 Å². The van der Waals surface area contributed by atoms with Crippen LogP contribution in [0.25, 0.3) is 11.0 Å². The number of carbonyl (C=O) groups is 1. The highest BCUT2D eigenvalue weighted by atomic mass is 16.5. The monoisotopic (exact) mass is 377 g/mol. The average molecular weight is 377 g/mol. The van der Waals surface area contributed by atoms with Crippen LogP contribution < -0.4 is 10.1 Å². The number of nitrogens with one attached hydrogen (secondary N) is 2. The number of carbonyl (C=O) groups excluding carboxylic acids is 1. The molecule has 1 aliphatic rings. The normalized spacial score (nSPS) is 16.3. The van der Waals surface area contributed by atoms with Gasteiger partial charge in [0.05, 0.1) is 0 Å². The van der Waals surface area contributed by atoms with Crippen molar-refractivity contribution in [3.8, 4) is 11.5 Å². The fraction of sp³-hybridized carbons (Fsp3) is 0.286. The van der Waals surface area contributed by atoms with Gasteiger partial charge in [0.25, 0.3) is 0 Å². The van der Waals surface area contributed by atoms with Crippen molar-refractivity contribution in [1.82, 2.24) is 20.1 Å². The lowest BCUT2D eigenvalue weighted by Gasteiger charge is -2.15. The third kappa shape index (κ3) is 3.69. The minimum atomic E-state index is -0.00861. The average Bonchev–Trinajstić information content (AvgIpc) is 3.35. The lowest BCUT2D eigenvalue weighted by Crippen LogP contribution is -2.27. The van der Waals surface area contributed by atoms with E-state index in [4.69, 9.17) is 4.74 Å². The van der Waals surface area contributed by atoms with Gasteiger partial charge in [0, 0.05) is 31.9 Å². The number of pyridine rings is 1. The second-order valence-electron chi connectivity index (χ2n) is 7.04. The molecule has 0 bridgehead atoms. The summed E-state index contributed by atoms with van der Waals surface area (Å²) in [6.07, 6.45) is 4.03. The van der Waals surface area contributed by atoms with Gasteiger partial charge in [0.15, 0.2) is 11.5 Å². The lowest BCUT2D eigenvalue weighted by atomic mass is 10.1. The SMILES string of the molecule is C=CC(=O)N1CC[C@H](CNc2n[nH]c3nccc(Oc4ccc(C)cc4)c23)C1. The molecule has 2 N–H and O–H groups in total. The molecule has 1 saturated heterocycles. The Labute approximate surface area is 163 Å². The summed E-state index contributed by atoms with van der Waals surface area (Å²) in [7, 11) is 0. The number of ether oxygens (including phenoxy) is 1. The maximum Gasteiger partial charge on any atom is 0.245 e. The third-order valence-corrected chi connectivity index (χ3v) is 5.00. The van der Waals surface area contributed by atoms with E-state index in [0.29, 0.717) is 23.1 Å². The molecule has 1 amide bonds. The molecule has 4 rings (SSSR count). The number of anilines is 1. The number of likely N-dealkylation sites (tertiary alicyclic amines) is 1. The van der Waals surface area contributed by atoms with Crippen LogP contribution in [0.1, 0.15) is 12.0 Å². The van der Waals surface area contributed by atoms with Crippen LogP contribution in [0, 0.1) is 12.8 Å². The summed E-state index contributed by atoms with van der Waals surface area (Å²) in [6, 6.07) is 9.75. The summed E-state index contributed by atoms with van der Waals surface area (Å²) in [5.41, 5.74) is 1.85. The second kappa shape index (κ2) is 7.72. The lowest BCUT2D eigenvalue weighted by molar-refractivity contribution is -0.125. The smallest absolute Gasteiger partial charge is 0.245 e. The van der Waals surface area contributed by atoms with Crippen LogP contribution in [0.5, 0.6) is 11.5 Å². The number of hydrogen-bond acceptors (Lipinski definition) is 5. The summed E-state index contributed by atoms with van der Waals surface area (Å²) >= 11 is 0. The maximum atomic E-state index is 11.8. The highest BCUT2D eigenvalue weighted by Crippen LogP contribution is 2.33. The van der Waals surface area contributed by atoms with E-state index in [-0.39, 0.29) is 5.91 Å². The number of aryl methyl sites for hydroxylation is 1. The van der Waals surface area contributed by atoms with Crippen LogP contribution in [0.4, 0.5) is 5.82 Å². The van der Waals surface area contributed by atoms with Crippen molar-refractivity contribution >= 4 is 22.8 Å². The summed E-state index contributed by atoms with van der Waals surface area (Å²) in [6.45, 7) is 7.81. The van der Waals surface area contributed by atoms with Crippen LogP contribution in [0.2, 0.25) is 0 Å². The number of aromatic nitrogens is 3. The zero-order valence-corrected chi connectivity index (χ0v) is 15.8. The Morgan fingerprint density at radius 1 is 1.39 bits per heavy atom. The second-order valence-corrected chi connectivity index (χ2v) is 7.04. The standard InChI is InChI=1S/C21H23N5O2/c1-3-18(27)26-11-9-15(13-26)12-23-21-19-17(8-10-22-20(19)24-25-21)28-16-6-4-14(2)5-7-16/h3-8,10,15H,1,9,11-13H2,2H3,(H2,22,23,24,25)/t15-/m1/s1. The van der Waals surface area contributed by atoms with Crippen LogP contribution in [-0.4, -0.2) is 45.6 Å². The Balaban J connectivity index is 1.49. The van der Waals surface area contributed by atoms with Crippen molar-refractivity contribution in [2.45, 2.75) is 13.3 Å². The van der Waals surface area contributed by atoms with Crippen LogP contribution >= 0.6 is 0 Å². The number of fused-ring (bicyclic) bond motifs is 1. The van der Waals surface area contributed by atoms with Crippen molar-refractivity contribution in [2.24, 2.45) is 5.92 Å². The summed E-state index contributed by atoms with van der Waals surface area (Å²) in [4.78, 5) is 17.9. The van der Waals surface area contributed by atoms with Gasteiger partial charge in [-0.15, -0.1) is 0 Å². The number of nitrogens with zero attached hydrogens (tertiary/aromatic N) is 3. The molecule has 28 heavy (non-hydrogen) atoms. The molecular weight excluding hydrogens is 354 g/mol. The van der Waals surface area contributed by atoms with E-state index in [1.807, 2.05) is 42.2 Å². The fourth-order valence-electron chi connectivity index (χ4n) is 3.44. The van der Waals surface area contributed by atoms with Gasteiger partial charge < -0.3 is 15.0 Å². The first kappa shape index (κ1) is 18.0. The molecule has 0 spiro atoms. The fourth-order valence-corrected chi connectivity index (χ4v) is 3.44. The van der Waals surface area contributed by atoms with E-state index in [1.54, 1.807) is 6.20 Å². The minimum Gasteiger partial charge on any atom is -0.456 e. The highest BCUT2D eigenvalue weighted by Gasteiger charge is 2.25. The van der Waals surface area contributed by atoms with Crippen molar-refractivity contribution < 1.29 is 9.53 Å². The largest absolute Gasteiger partial charge is 0.456 e. The summed E-state index contributed by atoms with van der Waals surface area (Å²) in [5, 5.41) is 11.5. The number of hydrogen-bond donors (Lipinski definition) is 2. The van der Waals surface area contributed by atoms with Gasteiger partial charge in [-0.3, -0.25) is 9.89 Å². The molecule has 3 heterocycles. The highest BCUT2D eigenvalue weighted by molar-refractivity contribution is 5.93. The van der Waals surface area contributed by atoms with E-state index in [1.165, 1.54) is 11.6 Å². The molecule has 1 aromatic carbocycles. The molecule has 3 aromatic rings. The van der Waals surface area contributed by atoms with Crippen LogP contribution in [-0.2, 0) is 4.79 Å². The van der Waals surface area contributed by atoms with E-state index in [2.05, 4.69) is 27.1 Å². The van der Waals surface area contributed by atoms with Gasteiger partial charge in [0.1, 0.15) is 16.9 Å². The van der Waals surface area contributed by atoms with Crippen molar-refractivity contribution in [1.29, 1.82) is 0 Å². The summed E-state index contributed by atoms with van der Waals surface area (Å²) in [5.74, 6) is 2.53. The molecular formula is C21H23N5O2. The minimum absolute atomic E-state index is 0.00861. The topological polar surface area (TPSA) is 83.1 Å². The molecule has 1 atom stereocenters. The zero-order valence-electron chi connectivity index (χ0n) is 15.8. The molecule has 0 unspecified atom stereocenters. The van der Waals surface area contributed by atoms with Gasteiger partial charge in [-0.05, 0) is 37.5 Å². The third-order valence-electron chi connectivity index (χ3n) is 5.00.